The summed E-state index contributed by atoms with van der Waals surface area (Å²) in [6, 6.07) is 16.0. The number of carbonyl (C=O) groups excluding carboxylic acids is 2. The minimum absolute atomic E-state index is 0.167. The second kappa shape index (κ2) is 8.52. The molecule has 1 unspecified atom stereocenters. The van der Waals surface area contributed by atoms with Gasteiger partial charge in [-0.1, -0.05) is 30.3 Å². The van der Waals surface area contributed by atoms with Gasteiger partial charge in [0.2, 0.25) is 5.91 Å². The van der Waals surface area contributed by atoms with Crippen LogP contribution in [0.4, 0.5) is 0 Å². The van der Waals surface area contributed by atoms with Gasteiger partial charge in [-0.25, -0.2) is 0 Å². The highest BCUT2D eigenvalue weighted by Crippen LogP contribution is 2.13. The van der Waals surface area contributed by atoms with Crippen LogP contribution in [0.15, 0.2) is 54.6 Å². The molecule has 0 saturated carbocycles. The van der Waals surface area contributed by atoms with Gasteiger partial charge in [-0.15, -0.1) is 0 Å². The standard InChI is InChI=1S/C17H17IN2O3/c18-13-6-8-14(9-7-13)23-11-16(21)20-15(17(19)22)10-12-4-2-1-3-5-12/h1-9,15H,10-11H2,(H2,19,22)(H,20,21). The number of nitrogens with two attached hydrogens (primary N) is 1. The molecule has 0 aromatic heterocycles. The Morgan fingerprint density at radius 1 is 1.09 bits per heavy atom. The maximum absolute atomic E-state index is 11.9. The van der Waals surface area contributed by atoms with Crippen molar-refractivity contribution in [2.45, 2.75) is 12.5 Å². The number of benzene rings is 2. The van der Waals surface area contributed by atoms with E-state index >= 15 is 0 Å². The number of rotatable bonds is 7. The summed E-state index contributed by atoms with van der Waals surface area (Å²) >= 11 is 2.19. The monoisotopic (exact) mass is 424 g/mol. The van der Waals surface area contributed by atoms with Crippen molar-refractivity contribution in [2.75, 3.05) is 6.61 Å². The second-order valence-corrected chi connectivity index (χ2v) is 6.20. The largest absolute Gasteiger partial charge is 0.484 e. The van der Waals surface area contributed by atoms with Gasteiger partial charge in [-0.05, 0) is 52.4 Å². The fourth-order valence-corrected chi connectivity index (χ4v) is 2.35. The molecule has 2 rings (SSSR count). The summed E-state index contributed by atoms with van der Waals surface area (Å²) < 4.78 is 6.47. The number of carbonyl (C=O) groups is 2. The van der Waals surface area contributed by atoms with Crippen LogP contribution >= 0.6 is 22.6 Å². The fourth-order valence-electron chi connectivity index (χ4n) is 1.99. The normalized spacial score (nSPS) is 11.5. The quantitative estimate of drug-likeness (QED) is 0.667. The van der Waals surface area contributed by atoms with Crippen molar-refractivity contribution in [1.82, 2.24) is 5.32 Å². The summed E-state index contributed by atoms with van der Waals surface area (Å²) in [6.45, 7) is -0.167. The van der Waals surface area contributed by atoms with Crippen LogP contribution in [-0.2, 0) is 16.0 Å². The molecule has 1 atom stereocenters. The van der Waals surface area contributed by atoms with E-state index in [4.69, 9.17) is 10.5 Å². The zero-order valence-corrected chi connectivity index (χ0v) is 14.5. The predicted octanol–water partition coefficient (Wildman–Crippen LogP) is 1.88. The lowest BCUT2D eigenvalue weighted by Gasteiger charge is -2.16. The molecule has 3 N–H and O–H groups in total. The van der Waals surface area contributed by atoms with Crippen LogP contribution in [0.3, 0.4) is 0 Å². The molecule has 2 aromatic carbocycles. The van der Waals surface area contributed by atoms with Crippen LogP contribution in [0.1, 0.15) is 5.56 Å². The topological polar surface area (TPSA) is 81.4 Å². The van der Waals surface area contributed by atoms with E-state index in [1.54, 1.807) is 12.1 Å². The van der Waals surface area contributed by atoms with Crippen LogP contribution in [0, 0.1) is 3.57 Å². The van der Waals surface area contributed by atoms with Crippen LogP contribution in [0.5, 0.6) is 5.75 Å². The summed E-state index contributed by atoms with van der Waals surface area (Å²) in [5.74, 6) is -0.362. The van der Waals surface area contributed by atoms with Crippen molar-refractivity contribution >= 4 is 34.4 Å². The molecule has 5 nitrogen and oxygen atoms in total. The highest BCUT2D eigenvalue weighted by Gasteiger charge is 2.18. The smallest absolute Gasteiger partial charge is 0.258 e. The molecule has 2 amide bonds. The van der Waals surface area contributed by atoms with E-state index in [0.29, 0.717) is 12.2 Å². The first kappa shape index (κ1) is 17.3. The van der Waals surface area contributed by atoms with Crippen LogP contribution in [0.2, 0.25) is 0 Å². The third-order valence-corrected chi connectivity index (χ3v) is 3.86. The number of ether oxygens (including phenoxy) is 1. The van der Waals surface area contributed by atoms with E-state index in [1.165, 1.54) is 0 Å². The van der Waals surface area contributed by atoms with Gasteiger partial charge in [0.15, 0.2) is 6.61 Å². The Hall–Kier alpha value is -2.09. The third kappa shape index (κ3) is 5.90. The third-order valence-electron chi connectivity index (χ3n) is 3.14. The lowest BCUT2D eigenvalue weighted by atomic mass is 10.1. The Bertz CT molecular complexity index is 659. The Kier molecular flexibility index (Phi) is 6.40. The molecule has 0 aliphatic heterocycles. The number of halogens is 1. The molecule has 120 valence electrons. The lowest BCUT2D eigenvalue weighted by Crippen LogP contribution is -2.47. The van der Waals surface area contributed by atoms with Crippen LogP contribution < -0.4 is 15.8 Å². The Balaban J connectivity index is 1.88. The summed E-state index contributed by atoms with van der Waals surface area (Å²) in [6.07, 6.45) is 0.353. The van der Waals surface area contributed by atoms with Crippen molar-refractivity contribution in [3.05, 3.63) is 63.7 Å². The van der Waals surface area contributed by atoms with Crippen molar-refractivity contribution < 1.29 is 14.3 Å². The average Bonchev–Trinajstić information content (AvgIpc) is 2.54. The van der Waals surface area contributed by atoms with Gasteiger partial charge < -0.3 is 15.8 Å². The van der Waals surface area contributed by atoms with Gasteiger partial charge in [0, 0.05) is 9.99 Å². The molecule has 2 aromatic rings. The molecule has 0 aliphatic carbocycles. The summed E-state index contributed by atoms with van der Waals surface area (Å²) in [7, 11) is 0. The number of hydrogen-bond acceptors (Lipinski definition) is 3. The molecule has 0 heterocycles. The summed E-state index contributed by atoms with van der Waals surface area (Å²) in [5.41, 5.74) is 6.29. The van der Waals surface area contributed by atoms with Crippen molar-refractivity contribution in [2.24, 2.45) is 5.73 Å². The molecule has 0 radical (unpaired) electrons. The van der Waals surface area contributed by atoms with E-state index in [1.807, 2.05) is 42.5 Å². The Morgan fingerprint density at radius 2 is 1.74 bits per heavy atom. The van der Waals surface area contributed by atoms with E-state index < -0.39 is 11.9 Å². The van der Waals surface area contributed by atoms with E-state index in [2.05, 4.69) is 27.9 Å². The maximum atomic E-state index is 11.9. The zero-order valence-electron chi connectivity index (χ0n) is 12.4. The Labute approximate surface area is 148 Å². The molecule has 0 aliphatic rings. The van der Waals surface area contributed by atoms with Crippen molar-refractivity contribution in [3.8, 4) is 5.75 Å². The second-order valence-electron chi connectivity index (χ2n) is 4.95. The lowest BCUT2D eigenvalue weighted by molar-refractivity contribution is -0.128. The van der Waals surface area contributed by atoms with Crippen molar-refractivity contribution in [3.63, 3.8) is 0 Å². The van der Waals surface area contributed by atoms with Crippen molar-refractivity contribution in [1.29, 1.82) is 0 Å². The van der Waals surface area contributed by atoms with Gasteiger partial charge in [-0.3, -0.25) is 9.59 Å². The molecule has 6 heteroatoms. The molecule has 0 bridgehead atoms. The van der Waals surface area contributed by atoms with Crippen LogP contribution in [-0.4, -0.2) is 24.5 Å². The molecular weight excluding hydrogens is 407 g/mol. The number of hydrogen-bond donors (Lipinski definition) is 2. The Morgan fingerprint density at radius 3 is 2.35 bits per heavy atom. The number of amides is 2. The minimum Gasteiger partial charge on any atom is -0.484 e. The predicted molar refractivity (Wildman–Crippen MR) is 95.9 cm³/mol. The molecule has 0 fully saturated rings. The number of primary amides is 1. The van der Waals surface area contributed by atoms with Crippen LogP contribution in [0.25, 0.3) is 0 Å². The highest BCUT2D eigenvalue weighted by molar-refractivity contribution is 14.1. The van der Waals surface area contributed by atoms with Gasteiger partial charge in [0.25, 0.3) is 5.91 Å². The highest BCUT2D eigenvalue weighted by atomic mass is 127. The SMILES string of the molecule is NC(=O)C(Cc1ccccc1)NC(=O)COc1ccc(I)cc1. The fraction of sp³-hybridized carbons (Fsp3) is 0.176. The first-order chi connectivity index (χ1) is 11.0. The van der Waals surface area contributed by atoms with E-state index in [-0.39, 0.29) is 12.5 Å². The van der Waals surface area contributed by atoms with Gasteiger partial charge in [-0.2, -0.15) is 0 Å². The van der Waals surface area contributed by atoms with Gasteiger partial charge in [0.05, 0.1) is 0 Å². The molecular formula is C17H17IN2O3. The van der Waals surface area contributed by atoms with Gasteiger partial charge >= 0.3 is 0 Å². The van der Waals surface area contributed by atoms with E-state index in [9.17, 15) is 9.59 Å². The van der Waals surface area contributed by atoms with Gasteiger partial charge in [0.1, 0.15) is 11.8 Å². The summed E-state index contributed by atoms with van der Waals surface area (Å²) in [5, 5.41) is 2.61. The molecule has 0 spiro atoms. The zero-order chi connectivity index (χ0) is 16.7. The molecule has 23 heavy (non-hydrogen) atoms. The maximum Gasteiger partial charge on any atom is 0.258 e. The average molecular weight is 424 g/mol. The minimum atomic E-state index is -0.759. The summed E-state index contributed by atoms with van der Waals surface area (Å²) in [4.78, 5) is 23.5. The first-order valence-corrected chi connectivity index (χ1v) is 8.13. The van der Waals surface area contributed by atoms with E-state index in [0.717, 1.165) is 9.13 Å². The first-order valence-electron chi connectivity index (χ1n) is 7.05. The molecule has 0 saturated heterocycles. The number of nitrogens with one attached hydrogen (secondary N) is 1.